The van der Waals surface area contributed by atoms with Crippen molar-refractivity contribution in [3.8, 4) is 0 Å². The summed E-state index contributed by atoms with van der Waals surface area (Å²) in [6.07, 6.45) is 2.63. The summed E-state index contributed by atoms with van der Waals surface area (Å²) in [6.45, 7) is 8.57. The van der Waals surface area contributed by atoms with Crippen LogP contribution in [0.3, 0.4) is 0 Å². The number of anilines is 2. The lowest BCUT2D eigenvalue weighted by Crippen LogP contribution is -2.42. The maximum atomic E-state index is 13.7. The molecule has 3 aromatic rings. The Bertz CT molecular complexity index is 1450. The molecule has 0 saturated carbocycles. The fraction of sp³-hybridized carbons (Fsp3) is 0.375. The van der Waals surface area contributed by atoms with Gasteiger partial charge in [-0.15, -0.1) is 0 Å². The van der Waals surface area contributed by atoms with Crippen molar-refractivity contribution in [2.45, 2.75) is 71.4 Å². The summed E-state index contributed by atoms with van der Waals surface area (Å²) in [4.78, 5) is 27.8. The van der Waals surface area contributed by atoms with E-state index in [9.17, 15) is 14.7 Å². The highest BCUT2D eigenvalue weighted by atomic mass is 16.4. The maximum Gasteiger partial charge on any atom is 0.304 e. The molecule has 3 atom stereocenters. The number of amides is 1. The molecule has 5 rings (SSSR count). The molecule has 1 fully saturated rings. The number of rotatable bonds is 7. The predicted molar refractivity (Wildman–Crippen MR) is 155 cm³/mol. The van der Waals surface area contributed by atoms with Crippen molar-refractivity contribution >= 4 is 23.3 Å². The van der Waals surface area contributed by atoms with Gasteiger partial charge >= 0.3 is 5.97 Å². The molecule has 0 aromatic heterocycles. The van der Waals surface area contributed by atoms with E-state index >= 15 is 0 Å². The second-order valence-electron chi connectivity index (χ2n) is 11.1. The molecule has 1 amide bonds. The number of hydrazine groups is 1. The Labute approximate surface area is 230 Å². The SMILES string of the molecule is CCN(N)c1ccc(C(CC(=O)O)c2ccc3c(c2)C2CCC(C3)N2C(=O)c2ccc(C)c(C)c2)c(C)c1N. The maximum absolute atomic E-state index is 13.7. The minimum absolute atomic E-state index is 0.0119. The zero-order valence-electron chi connectivity index (χ0n) is 23.2. The quantitative estimate of drug-likeness (QED) is 0.216. The lowest BCUT2D eigenvalue weighted by Gasteiger charge is -2.37. The first-order valence-electron chi connectivity index (χ1n) is 13.8. The number of nitrogens with two attached hydrogens (primary N) is 2. The normalized spacial score (nSPS) is 18.5. The van der Waals surface area contributed by atoms with Gasteiger partial charge in [0.05, 0.1) is 23.8 Å². The van der Waals surface area contributed by atoms with Crippen LogP contribution >= 0.6 is 0 Å². The monoisotopic (exact) mass is 526 g/mol. The Hall–Kier alpha value is -3.84. The minimum atomic E-state index is -0.874. The van der Waals surface area contributed by atoms with Crippen LogP contribution < -0.4 is 16.6 Å². The van der Waals surface area contributed by atoms with Crippen LogP contribution in [-0.4, -0.2) is 34.5 Å². The van der Waals surface area contributed by atoms with Crippen molar-refractivity contribution in [1.29, 1.82) is 0 Å². The highest BCUT2D eigenvalue weighted by Gasteiger charge is 2.43. The lowest BCUT2D eigenvalue weighted by molar-refractivity contribution is -0.137. The Balaban J connectivity index is 1.53. The van der Waals surface area contributed by atoms with E-state index in [-0.39, 0.29) is 30.3 Å². The van der Waals surface area contributed by atoms with Crippen molar-refractivity contribution in [3.63, 3.8) is 0 Å². The zero-order chi connectivity index (χ0) is 28.0. The van der Waals surface area contributed by atoms with Gasteiger partial charge < -0.3 is 20.7 Å². The second-order valence-corrected chi connectivity index (χ2v) is 11.1. The number of aliphatic carboxylic acids is 1. The standard InChI is InChI=1S/C32H38N4O3/c1-5-35(34)29-13-11-25(20(4)31(29)33)26(17-30(37)38)22-9-8-21-15-24-10-12-28(27(21)16-22)36(24)32(39)23-7-6-18(2)19(3)14-23/h6-9,11,13-14,16,24,26,28H,5,10,12,15,17,33-34H2,1-4H3,(H,37,38). The number of carboxylic acids is 1. The molecular formula is C32H38N4O3. The first-order chi connectivity index (χ1) is 18.6. The summed E-state index contributed by atoms with van der Waals surface area (Å²) in [5, 5.41) is 11.5. The Kier molecular flexibility index (Phi) is 7.12. The van der Waals surface area contributed by atoms with E-state index in [0.717, 1.165) is 58.3 Å². The van der Waals surface area contributed by atoms with Gasteiger partial charge in [-0.25, -0.2) is 5.84 Å². The summed E-state index contributed by atoms with van der Waals surface area (Å²) in [7, 11) is 0. The van der Waals surface area contributed by atoms with Gasteiger partial charge in [0.15, 0.2) is 0 Å². The van der Waals surface area contributed by atoms with Gasteiger partial charge in [0.2, 0.25) is 0 Å². The molecule has 0 aliphatic carbocycles. The van der Waals surface area contributed by atoms with E-state index < -0.39 is 5.97 Å². The van der Waals surface area contributed by atoms with Gasteiger partial charge in [-0.1, -0.05) is 30.3 Å². The minimum Gasteiger partial charge on any atom is -0.481 e. The summed E-state index contributed by atoms with van der Waals surface area (Å²) in [6, 6.07) is 16.3. The van der Waals surface area contributed by atoms with Gasteiger partial charge in [-0.2, -0.15) is 0 Å². The van der Waals surface area contributed by atoms with E-state index in [0.29, 0.717) is 12.2 Å². The van der Waals surface area contributed by atoms with Gasteiger partial charge in [-0.3, -0.25) is 9.59 Å². The van der Waals surface area contributed by atoms with E-state index in [1.807, 2.05) is 51.1 Å². The molecule has 2 bridgehead atoms. The third kappa shape index (κ3) is 4.76. The fourth-order valence-corrected chi connectivity index (χ4v) is 6.41. The average molecular weight is 527 g/mol. The number of hydrogen-bond acceptors (Lipinski definition) is 5. The van der Waals surface area contributed by atoms with Crippen LogP contribution in [0.2, 0.25) is 0 Å². The van der Waals surface area contributed by atoms with Crippen LogP contribution in [0.5, 0.6) is 0 Å². The lowest BCUT2D eigenvalue weighted by atomic mass is 9.82. The Morgan fingerprint density at radius 1 is 1.05 bits per heavy atom. The third-order valence-corrected chi connectivity index (χ3v) is 8.82. The van der Waals surface area contributed by atoms with E-state index in [1.165, 1.54) is 11.1 Å². The Morgan fingerprint density at radius 3 is 2.51 bits per heavy atom. The molecule has 2 aliphatic heterocycles. The van der Waals surface area contributed by atoms with Crippen molar-refractivity contribution in [2.75, 3.05) is 17.3 Å². The first-order valence-corrected chi connectivity index (χ1v) is 13.8. The number of benzene rings is 3. The highest BCUT2D eigenvalue weighted by Crippen LogP contribution is 2.46. The number of fused-ring (bicyclic) bond motifs is 4. The molecule has 39 heavy (non-hydrogen) atoms. The summed E-state index contributed by atoms with van der Waals surface area (Å²) in [5.74, 6) is 4.94. The molecule has 204 valence electrons. The smallest absolute Gasteiger partial charge is 0.304 e. The van der Waals surface area contributed by atoms with Crippen LogP contribution in [0.25, 0.3) is 0 Å². The van der Waals surface area contributed by atoms with Crippen molar-refractivity contribution < 1.29 is 14.7 Å². The number of aryl methyl sites for hydroxylation is 2. The zero-order valence-corrected chi connectivity index (χ0v) is 23.2. The first kappa shape index (κ1) is 26.8. The largest absolute Gasteiger partial charge is 0.481 e. The number of nitrogen functional groups attached to an aromatic ring is 1. The van der Waals surface area contributed by atoms with Crippen molar-refractivity contribution in [2.24, 2.45) is 5.84 Å². The Morgan fingerprint density at radius 2 is 1.82 bits per heavy atom. The van der Waals surface area contributed by atoms with Gasteiger partial charge in [0.25, 0.3) is 5.91 Å². The molecule has 2 heterocycles. The van der Waals surface area contributed by atoms with Crippen molar-refractivity contribution in [1.82, 2.24) is 4.90 Å². The van der Waals surface area contributed by atoms with Crippen LogP contribution in [0, 0.1) is 20.8 Å². The number of carboxylic acid groups (broad SMARTS) is 1. The second kappa shape index (κ2) is 10.4. The molecule has 3 aromatic carbocycles. The van der Waals surface area contributed by atoms with Crippen LogP contribution in [0.15, 0.2) is 48.5 Å². The molecule has 2 aliphatic rings. The van der Waals surface area contributed by atoms with Crippen LogP contribution in [-0.2, 0) is 11.2 Å². The summed E-state index contributed by atoms with van der Waals surface area (Å²) < 4.78 is 0. The van der Waals surface area contributed by atoms with Crippen molar-refractivity contribution in [3.05, 3.63) is 93.0 Å². The van der Waals surface area contributed by atoms with E-state index in [4.69, 9.17) is 11.6 Å². The van der Waals surface area contributed by atoms with E-state index in [2.05, 4.69) is 30.0 Å². The third-order valence-electron chi connectivity index (χ3n) is 8.82. The molecule has 7 nitrogen and oxygen atoms in total. The topological polar surface area (TPSA) is 113 Å². The number of carbonyl (C=O) groups is 2. The molecule has 3 unspecified atom stereocenters. The molecule has 1 saturated heterocycles. The summed E-state index contributed by atoms with van der Waals surface area (Å²) in [5.41, 5.74) is 15.8. The fourth-order valence-electron chi connectivity index (χ4n) is 6.41. The predicted octanol–water partition coefficient (Wildman–Crippen LogP) is 5.40. The number of hydrogen-bond donors (Lipinski definition) is 3. The molecular weight excluding hydrogens is 488 g/mol. The number of nitrogens with zero attached hydrogens (tertiary/aromatic N) is 2. The summed E-state index contributed by atoms with van der Waals surface area (Å²) >= 11 is 0. The van der Waals surface area contributed by atoms with Crippen LogP contribution in [0.1, 0.15) is 87.4 Å². The van der Waals surface area contributed by atoms with Crippen LogP contribution in [0.4, 0.5) is 11.4 Å². The molecule has 7 heteroatoms. The van der Waals surface area contributed by atoms with Gasteiger partial charge in [-0.05, 0) is 104 Å². The average Bonchev–Trinajstić information content (AvgIpc) is 3.24. The molecule has 5 N–H and O–H groups in total. The molecule has 0 spiro atoms. The highest BCUT2D eigenvalue weighted by molar-refractivity contribution is 5.95. The molecule has 0 radical (unpaired) electrons. The van der Waals surface area contributed by atoms with Gasteiger partial charge in [0.1, 0.15) is 0 Å². The number of carbonyl (C=O) groups excluding carboxylic acids is 1. The van der Waals surface area contributed by atoms with Gasteiger partial charge in [0, 0.05) is 24.1 Å². The van der Waals surface area contributed by atoms with E-state index in [1.54, 1.807) is 5.01 Å².